The highest BCUT2D eigenvalue weighted by Crippen LogP contribution is 2.48. The molecule has 1 aromatic rings. The summed E-state index contributed by atoms with van der Waals surface area (Å²) in [6.07, 6.45) is 6.25. The Morgan fingerprint density at radius 2 is 1.92 bits per heavy atom. The zero-order chi connectivity index (χ0) is 17.0. The Balaban J connectivity index is 1.46. The quantitative estimate of drug-likeness (QED) is 0.815. The molecule has 1 saturated carbocycles. The smallest absolute Gasteiger partial charge is 0.230 e. The van der Waals surface area contributed by atoms with Crippen LogP contribution >= 0.6 is 0 Å². The van der Waals surface area contributed by atoms with E-state index in [0.717, 1.165) is 50.6 Å². The number of likely N-dealkylation sites (tertiary alicyclic amines) is 1. The molecule has 1 N–H and O–H groups in total. The van der Waals surface area contributed by atoms with Gasteiger partial charge in [-0.25, -0.2) is 4.39 Å². The second-order valence-electron chi connectivity index (χ2n) is 6.89. The molecule has 0 radical (unpaired) electrons. The first kappa shape index (κ1) is 16.9. The van der Waals surface area contributed by atoms with Crippen LogP contribution in [-0.2, 0) is 15.0 Å². The van der Waals surface area contributed by atoms with Crippen LogP contribution in [-0.4, -0.2) is 36.3 Å². The third-order valence-corrected chi connectivity index (χ3v) is 5.14. The fourth-order valence-corrected chi connectivity index (χ4v) is 3.46. The molecule has 0 aromatic heterocycles. The summed E-state index contributed by atoms with van der Waals surface area (Å²) in [4.78, 5) is 26.4. The topological polar surface area (TPSA) is 49.4 Å². The minimum Gasteiger partial charge on any atom is -0.355 e. The molecule has 1 aliphatic heterocycles. The van der Waals surface area contributed by atoms with Gasteiger partial charge in [0.1, 0.15) is 5.82 Å². The van der Waals surface area contributed by atoms with Gasteiger partial charge in [0, 0.05) is 26.1 Å². The molecular formula is C19H25FN2O2. The van der Waals surface area contributed by atoms with Crippen molar-refractivity contribution in [2.24, 2.45) is 0 Å². The van der Waals surface area contributed by atoms with Crippen LogP contribution < -0.4 is 5.32 Å². The lowest BCUT2D eigenvalue weighted by atomic mass is 9.95. The SMILES string of the molecule is O=C1CCCCCN1CCCNC(=O)C1(c2ccc(F)cc2)CC1. The molecule has 0 unspecified atom stereocenters. The molecule has 1 aromatic carbocycles. The van der Waals surface area contributed by atoms with Gasteiger partial charge in [-0.05, 0) is 49.8 Å². The number of rotatable bonds is 6. The summed E-state index contributed by atoms with van der Waals surface area (Å²) in [5, 5.41) is 3.00. The molecule has 2 aliphatic rings. The van der Waals surface area contributed by atoms with E-state index in [1.807, 2.05) is 4.90 Å². The van der Waals surface area contributed by atoms with E-state index in [2.05, 4.69) is 5.32 Å². The van der Waals surface area contributed by atoms with E-state index >= 15 is 0 Å². The summed E-state index contributed by atoms with van der Waals surface area (Å²) in [7, 11) is 0. The summed E-state index contributed by atoms with van der Waals surface area (Å²) in [6.45, 7) is 2.13. The largest absolute Gasteiger partial charge is 0.355 e. The molecule has 24 heavy (non-hydrogen) atoms. The van der Waals surface area contributed by atoms with Crippen molar-refractivity contribution in [3.8, 4) is 0 Å². The fourth-order valence-electron chi connectivity index (χ4n) is 3.46. The lowest BCUT2D eigenvalue weighted by molar-refractivity contribution is -0.130. The average molecular weight is 332 g/mol. The molecule has 1 aliphatic carbocycles. The Hall–Kier alpha value is -1.91. The highest BCUT2D eigenvalue weighted by atomic mass is 19.1. The standard InChI is InChI=1S/C19H25FN2O2/c20-16-8-6-15(7-9-16)19(10-11-19)18(24)21-12-4-14-22-13-3-1-2-5-17(22)23/h6-9H,1-5,10-14H2,(H,21,24). The molecule has 1 saturated heterocycles. The predicted molar refractivity (Wildman–Crippen MR) is 90.0 cm³/mol. The van der Waals surface area contributed by atoms with Crippen LogP contribution in [0, 0.1) is 5.82 Å². The minimum absolute atomic E-state index is 0.0244. The van der Waals surface area contributed by atoms with Gasteiger partial charge in [-0.3, -0.25) is 9.59 Å². The van der Waals surface area contributed by atoms with Crippen molar-refractivity contribution >= 4 is 11.8 Å². The highest BCUT2D eigenvalue weighted by Gasteiger charge is 2.50. The maximum absolute atomic E-state index is 13.0. The van der Waals surface area contributed by atoms with Gasteiger partial charge >= 0.3 is 0 Å². The van der Waals surface area contributed by atoms with Gasteiger partial charge in [-0.15, -0.1) is 0 Å². The van der Waals surface area contributed by atoms with Crippen molar-refractivity contribution in [1.29, 1.82) is 0 Å². The molecule has 5 heteroatoms. The monoisotopic (exact) mass is 332 g/mol. The lowest BCUT2D eigenvalue weighted by Crippen LogP contribution is -2.37. The zero-order valence-corrected chi connectivity index (χ0v) is 14.0. The number of carbonyl (C=O) groups is 2. The average Bonchev–Trinajstić information content (AvgIpc) is 3.39. The summed E-state index contributed by atoms with van der Waals surface area (Å²) in [5.41, 5.74) is 0.427. The Morgan fingerprint density at radius 3 is 2.62 bits per heavy atom. The van der Waals surface area contributed by atoms with Gasteiger partial charge in [0.2, 0.25) is 11.8 Å². The summed E-state index contributed by atoms with van der Waals surface area (Å²) < 4.78 is 13.0. The van der Waals surface area contributed by atoms with Crippen molar-refractivity contribution in [1.82, 2.24) is 10.2 Å². The number of nitrogens with one attached hydrogen (secondary N) is 1. The Morgan fingerprint density at radius 1 is 1.17 bits per heavy atom. The first-order valence-electron chi connectivity index (χ1n) is 8.94. The molecule has 0 bridgehead atoms. The van der Waals surface area contributed by atoms with E-state index in [-0.39, 0.29) is 17.6 Å². The molecule has 2 amide bonds. The molecule has 0 spiro atoms. The van der Waals surface area contributed by atoms with Crippen LogP contribution in [0.3, 0.4) is 0 Å². The number of hydrogen-bond acceptors (Lipinski definition) is 2. The summed E-state index contributed by atoms with van der Waals surface area (Å²) >= 11 is 0. The molecular weight excluding hydrogens is 307 g/mol. The number of hydrogen-bond donors (Lipinski definition) is 1. The van der Waals surface area contributed by atoms with Crippen LogP contribution in [0.15, 0.2) is 24.3 Å². The number of benzene rings is 1. The van der Waals surface area contributed by atoms with Gasteiger partial charge in [-0.2, -0.15) is 0 Å². The minimum atomic E-state index is -0.466. The van der Waals surface area contributed by atoms with Crippen molar-refractivity contribution in [3.05, 3.63) is 35.6 Å². The first-order chi connectivity index (χ1) is 11.6. The maximum Gasteiger partial charge on any atom is 0.230 e. The maximum atomic E-state index is 13.0. The summed E-state index contributed by atoms with van der Waals surface area (Å²) in [6, 6.07) is 6.23. The van der Waals surface area contributed by atoms with Gasteiger partial charge in [0.15, 0.2) is 0 Å². The number of nitrogens with zero attached hydrogens (tertiary/aromatic N) is 1. The van der Waals surface area contributed by atoms with Crippen molar-refractivity contribution in [2.75, 3.05) is 19.6 Å². The number of halogens is 1. The fraction of sp³-hybridized carbons (Fsp3) is 0.579. The van der Waals surface area contributed by atoms with E-state index in [1.165, 1.54) is 12.1 Å². The highest BCUT2D eigenvalue weighted by molar-refractivity contribution is 5.91. The van der Waals surface area contributed by atoms with E-state index in [9.17, 15) is 14.0 Å². The third-order valence-electron chi connectivity index (χ3n) is 5.14. The molecule has 2 fully saturated rings. The Labute approximate surface area is 142 Å². The van der Waals surface area contributed by atoms with Crippen molar-refractivity contribution in [3.63, 3.8) is 0 Å². The van der Waals surface area contributed by atoms with Gasteiger partial charge < -0.3 is 10.2 Å². The van der Waals surface area contributed by atoms with Crippen LogP contribution in [0.2, 0.25) is 0 Å². The molecule has 1 heterocycles. The second-order valence-corrected chi connectivity index (χ2v) is 6.89. The van der Waals surface area contributed by atoms with Crippen molar-refractivity contribution < 1.29 is 14.0 Å². The van der Waals surface area contributed by atoms with E-state index in [4.69, 9.17) is 0 Å². The van der Waals surface area contributed by atoms with Gasteiger partial charge in [0.25, 0.3) is 0 Å². The number of amides is 2. The third kappa shape index (κ3) is 3.77. The Bertz CT molecular complexity index is 596. The van der Waals surface area contributed by atoms with E-state index in [1.54, 1.807) is 12.1 Å². The van der Waals surface area contributed by atoms with Gasteiger partial charge in [-0.1, -0.05) is 18.6 Å². The Kier molecular flexibility index (Phi) is 5.17. The van der Waals surface area contributed by atoms with Crippen LogP contribution in [0.25, 0.3) is 0 Å². The molecule has 4 nitrogen and oxygen atoms in total. The summed E-state index contributed by atoms with van der Waals surface area (Å²) in [5.74, 6) is -0.0165. The first-order valence-corrected chi connectivity index (χ1v) is 8.94. The molecule has 130 valence electrons. The lowest BCUT2D eigenvalue weighted by Gasteiger charge is -2.21. The van der Waals surface area contributed by atoms with E-state index < -0.39 is 5.41 Å². The van der Waals surface area contributed by atoms with Crippen LogP contribution in [0.4, 0.5) is 4.39 Å². The van der Waals surface area contributed by atoms with Crippen LogP contribution in [0.1, 0.15) is 50.5 Å². The van der Waals surface area contributed by atoms with Crippen molar-refractivity contribution in [2.45, 2.75) is 50.4 Å². The zero-order valence-electron chi connectivity index (χ0n) is 14.0. The predicted octanol–water partition coefficient (Wildman–Crippen LogP) is 2.77. The van der Waals surface area contributed by atoms with Crippen LogP contribution in [0.5, 0.6) is 0 Å². The number of carbonyl (C=O) groups excluding carboxylic acids is 2. The molecule has 3 rings (SSSR count). The van der Waals surface area contributed by atoms with Gasteiger partial charge in [0.05, 0.1) is 5.41 Å². The normalized spacial score (nSPS) is 19.7. The molecule has 0 atom stereocenters. The second kappa shape index (κ2) is 7.32. The van der Waals surface area contributed by atoms with E-state index in [0.29, 0.717) is 19.5 Å².